The van der Waals surface area contributed by atoms with Crippen LogP contribution < -0.4 is 5.73 Å². The fourth-order valence-corrected chi connectivity index (χ4v) is 0.421. The molecule has 0 bridgehead atoms. The molecule has 0 unspecified atom stereocenters. The van der Waals surface area contributed by atoms with Crippen LogP contribution in [0.4, 0.5) is 0 Å². The molecule has 2 atom stereocenters. The van der Waals surface area contributed by atoms with Gasteiger partial charge in [-0.1, -0.05) is 20.3 Å². The summed E-state index contributed by atoms with van der Waals surface area (Å²) in [7, 11) is 0. The molecule has 0 saturated heterocycles. The molecule has 2 N–H and O–H groups in total. The van der Waals surface area contributed by atoms with Crippen LogP contribution in [0.1, 0.15) is 20.3 Å². The lowest BCUT2D eigenvalue weighted by Crippen LogP contribution is -2.24. The second-order valence-corrected chi connectivity index (χ2v) is 2.06. The molecular weight excluding hydrogens is 100 g/mol. The Kier molecular flexibility index (Phi) is 3.44. The standard InChI is InChI=1S/C6H14N2/c1-4-5(2)6(7)8-3/h5-6H,3-4,7H2,1-2H3/t5-,6+/m0/s1. The molecule has 0 fully saturated rings. The van der Waals surface area contributed by atoms with E-state index in [9.17, 15) is 0 Å². The summed E-state index contributed by atoms with van der Waals surface area (Å²) in [6, 6.07) is 0. The first-order valence-electron chi connectivity index (χ1n) is 2.93. The number of rotatable bonds is 3. The second-order valence-electron chi connectivity index (χ2n) is 2.06. The maximum Gasteiger partial charge on any atom is 0.0987 e. The van der Waals surface area contributed by atoms with Crippen molar-refractivity contribution in [2.24, 2.45) is 16.6 Å². The molecule has 0 radical (unpaired) electrons. The third-order valence-electron chi connectivity index (χ3n) is 1.44. The van der Waals surface area contributed by atoms with Gasteiger partial charge in [-0.15, -0.1) is 0 Å². The first kappa shape index (κ1) is 7.63. The maximum atomic E-state index is 5.50. The van der Waals surface area contributed by atoms with Gasteiger partial charge >= 0.3 is 0 Å². The minimum absolute atomic E-state index is 0.0694. The molecule has 0 aliphatic rings. The van der Waals surface area contributed by atoms with Crippen LogP contribution in [0, 0.1) is 5.92 Å². The lowest BCUT2D eigenvalue weighted by molar-refractivity contribution is 0.458. The minimum atomic E-state index is -0.0694. The average molecular weight is 114 g/mol. The van der Waals surface area contributed by atoms with E-state index in [-0.39, 0.29) is 6.17 Å². The first-order chi connectivity index (χ1) is 3.72. The van der Waals surface area contributed by atoms with Crippen molar-refractivity contribution in [3.8, 4) is 0 Å². The molecule has 0 saturated carbocycles. The Labute approximate surface area is 50.8 Å². The lowest BCUT2D eigenvalue weighted by atomic mass is 10.1. The van der Waals surface area contributed by atoms with Crippen LogP contribution >= 0.6 is 0 Å². The van der Waals surface area contributed by atoms with E-state index in [2.05, 4.69) is 25.6 Å². The normalized spacial score (nSPS) is 17.4. The van der Waals surface area contributed by atoms with Crippen LogP contribution in [-0.2, 0) is 0 Å². The molecule has 48 valence electrons. The molecule has 2 nitrogen and oxygen atoms in total. The highest BCUT2D eigenvalue weighted by Crippen LogP contribution is 2.04. The van der Waals surface area contributed by atoms with Gasteiger partial charge in [0.2, 0.25) is 0 Å². The molecule has 0 rings (SSSR count). The van der Waals surface area contributed by atoms with Gasteiger partial charge < -0.3 is 5.73 Å². The predicted octanol–water partition coefficient (Wildman–Crippen LogP) is 1.02. The molecule has 0 spiro atoms. The number of hydrogen-bond donors (Lipinski definition) is 1. The van der Waals surface area contributed by atoms with Gasteiger partial charge in [0, 0.05) is 0 Å². The predicted molar refractivity (Wildman–Crippen MR) is 37.0 cm³/mol. The van der Waals surface area contributed by atoms with E-state index in [0.717, 1.165) is 6.42 Å². The van der Waals surface area contributed by atoms with E-state index in [1.54, 1.807) is 0 Å². The first-order valence-corrected chi connectivity index (χ1v) is 2.93. The van der Waals surface area contributed by atoms with E-state index in [4.69, 9.17) is 5.73 Å². The monoisotopic (exact) mass is 114 g/mol. The molecule has 2 heteroatoms. The van der Waals surface area contributed by atoms with Gasteiger partial charge in [-0.05, 0) is 12.6 Å². The van der Waals surface area contributed by atoms with E-state index in [1.807, 2.05) is 0 Å². The third kappa shape index (κ3) is 2.07. The van der Waals surface area contributed by atoms with Crippen molar-refractivity contribution < 1.29 is 0 Å². The van der Waals surface area contributed by atoms with Crippen LogP contribution in [0.3, 0.4) is 0 Å². The molecule has 0 aromatic rings. The molecular formula is C6H14N2. The molecule has 0 amide bonds. The summed E-state index contributed by atoms with van der Waals surface area (Å²) in [4.78, 5) is 3.69. The number of hydrogen-bond acceptors (Lipinski definition) is 2. The molecule has 0 aromatic heterocycles. The average Bonchev–Trinajstić information content (AvgIpc) is 1.84. The zero-order valence-corrected chi connectivity index (χ0v) is 5.59. The topological polar surface area (TPSA) is 38.4 Å². The van der Waals surface area contributed by atoms with Gasteiger partial charge in [-0.2, -0.15) is 0 Å². The van der Waals surface area contributed by atoms with Crippen molar-refractivity contribution in [1.29, 1.82) is 0 Å². The van der Waals surface area contributed by atoms with E-state index in [1.165, 1.54) is 0 Å². The molecule has 8 heavy (non-hydrogen) atoms. The summed E-state index contributed by atoms with van der Waals surface area (Å²) in [6.45, 7) is 7.52. The fourth-order valence-electron chi connectivity index (χ4n) is 0.421. The Morgan fingerprint density at radius 1 is 1.75 bits per heavy atom. The highest BCUT2D eigenvalue weighted by atomic mass is 14.9. The minimum Gasteiger partial charge on any atom is -0.310 e. The fraction of sp³-hybridized carbons (Fsp3) is 0.833. The number of aliphatic imine (C=N–C) groups is 1. The van der Waals surface area contributed by atoms with Gasteiger partial charge in [0.05, 0.1) is 6.17 Å². The Balaban J connectivity index is 3.44. The van der Waals surface area contributed by atoms with Crippen LogP contribution in [0.25, 0.3) is 0 Å². The second kappa shape index (κ2) is 3.61. The third-order valence-corrected chi connectivity index (χ3v) is 1.44. The Bertz CT molecular complexity index is 70.9. The SMILES string of the molecule is C=N[C@@H](N)[C@@H](C)CC. The van der Waals surface area contributed by atoms with E-state index >= 15 is 0 Å². The smallest absolute Gasteiger partial charge is 0.0987 e. The Hall–Kier alpha value is -0.370. The lowest BCUT2D eigenvalue weighted by Gasteiger charge is -2.11. The van der Waals surface area contributed by atoms with Crippen molar-refractivity contribution in [2.75, 3.05) is 0 Å². The number of nitrogens with zero attached hydrogens (tertiary/aromatic N) is 1. The summed E-state index contributed by atoms with van der Waals surface area (Å²) < 4.78 is 0. The van der Waals surface area contributed by atoms with E-state index in [0.29, 0.717) is 5.92 Å². The van der Waals surface area contributed by atoms with Gasteiger partial charge in [0.25, 0.3) is 0 Å². The van der Waals surface area contributed by atoms with Gasteiger partial charge in [-0.25, -0.2) is 0 Å². The summed E-state index contributed by atoms with van der Waals surface area (Å²) >= 11 is 0. The van der Waals surface area contributed by atoms with Gasteiger partial charge in [0.15, 0.2) is 0 Å². The Morgan fingerprint density at radius 2 is 2.25 bits per heavy atom. The highest BCUT2D eigenvalue weighted by Gasteiger charge is 2.05. The van der Waals surface area contributed by atoms with Crippen molar-refractivity contribution in [3.05, 3.63) is 0 Å². The summed E-state index contributed by atoms with van der Waals surface area (Å²) in [6.07, 6.45) is 1.00. The van der Waals surface area contributed by atoms with Crippen molar-refractivity contribution in [1.82, 2.24) is 0 Å². The zero-order chi connectivity index (χ0) is 6.57. The maximum absolute atomic E-state index is 5.50. The molecule has 0 heterocycles. The van der Waals surface area contributed by atoms with Gasteiger partial charge in [0.1, 0.15) is 0 Å². The van der Waals surface area contributed by atoms with Crippen molar-refractivity contribution >= 4 is 6.72 Å². The highest BCUT2D eigenvalue weighted by molar-refractivity contribution is 5.23. The number of nitrogens with two attached hydrogens (primary N) is 1. The summed E-state index contributed by atoms with van der Waals surface area (Å²) in [5, 5.41) is 0. The Morgan fingerprint density at radius 3 is 2.38 bits per heavy atom. The van der Waals surface area contributed by atoms with Crippen molar-refractivity contribution in [2.45, 2.75) is 26.4 Å². The van der Waals surface area contributed by atoms with Crippen LogP contribution in [0.15, 0.2) is 4.99 Å². The molecule has 0 aromatic carbocycles. The van der Waals surface area contributed by atoms with Crippen LogP contribution in [0.5, 0.6) is 0 Å². The van der Waals surface area contributed by atoms with Crippen LogP contribution in [-0.4, -0.2) is 12.9 Å². The largest absolute Gasteiger partial charge is 0.310 e. The quantitative estimate of drug-likeness (QED) is 0.546. The van der Waals surface area contributed by atoms with Crippen molar-refractivity contribution in [3.63, 3.8) is 0 Å². The molecule has 0 aliphatic carbocycles. The van der Waals surface area contributed by atoms with Gasteiger partial charge in [-0.3, -0.25) is 4.99 Å². The van der Waals surface area contributed by atoms with Crippen LogP contribution in [0.2, 0.25) is 0 Å². The van der Waals surface area contributed by atoms with E-state index < -0.39 is 0 Å². The molecule has 0 aliphatic heterocycles. The zero-order valence-electron chi connectivity index (χ0n) is 5.59. The summed E-state index contributed by atoms with van der Waals surface area (Å²) in [5.41, 5.74) is 5.50. The summed E-state index contributed by atoms with van der Waals surface area (Å²) in [5.74, 6) is 0.465.